The molecule has 0 saturated carbocycles. The van der Waals surface area contributed by atoms with Gasteiger partial charge in [-0.15, -0.1) is 0 Å². The highest BCUT2D eigenvalue weighted by Crippen LogP contribution is 2.14. The zero-order valence-corrected chi connectivity index (χ0v) is 32.2. The van der Waals surface area contributed by atoms with E-state index in [1.807, 2.05) is 95.4 Å². The molecule has 0 fully saturated rings. The van der Waals surface area contributed by atoms with Gasteiger partial charge in [-0.2, -0.15) is 0 Å². The Labute approximate surface area is 298 Å². The van der Waals surface area contributed by atoms with Crippen LogP contribution in [0.1, 0.15) is 99.1 Å². The van der Waals surface area contributed by atoms with Gasteiger partial charge in [-0.3, -0.25) is 19.4 Å². The van der Waals surface area contributed by atoms with E-state index in [4.69, 9.17) is 9.79 Å². The molecule has 0 radical (unpaired) electrons. The summed E-state index contributed by atoms with van der Waals surface area (Å²) < 4.78 is 3.86. The molecule has 0 aliphatic heterocycles. The van der Waals surface area contributed by atoms with Gasteiger partial charge in [0.1, 0.15) is 6.04 Å². The van der Waals surface area contributed by atoms with Crippen molar-refractivity contribution in [1.29, 1.82) is 0 Å². The van der Waals surface area contributed by atoms with Gasteiger partial charge < -0.3 is 20.7 Å². The van der Waals surface area contributed by atoms with Gasteiger partial charge in [-0.25, -0.2) is 0 Å². The van der Waals surface area contributed by atoms with Crippen molar-refractivity contribution in [2.24, 2.45) is 16.8 Å². The molecule has 0 saturated heterocycles. The smallest absolute Gasteiger partial charge is 0.292 e. The van der Waals surface area contributed by atoms with Crippen LogP contribution in [0.25, 0.3) is 0 Å². The second kappa shape index (κ2) is 31.1. The average molecular weight is 679 g/mol. The van der Waals surface area contributed by atoms with Gasteiger partial charge in [0.2, 0.25) is 11.8 Å². The number of methoxy groups -OCH3 is 1. The number of nitrogens with one attached hydrogen (secondary N) is 3. The molecular weight excluding hydrogens is 612 g/mol. The topological polar surface area (TPSA) is 109 Å². The van der Waals surface area contributed by atoms with Gasteiger partial charge in [-0.05, 0) is 45.1 Å². The number of carbonyl (C=O) groups is 3. The van der Waals surface area contributed by atoms with Crippen molar-refractivity contribution in [2.45, 2.75) is 113 Å². The van der Waals surface area contributed by atoms with E-state index in [1.165, 1.54) is 18.4 Å². The minimum absolute atomic E-state index is 0.128. The third kappa shape index (κ3) is 24.6. The Kier molecular flexibility index (Phi) is 29.8. The molecule has 8 nitrogen and oxygen atoms in total. The minimum atomic E-state index is -0.628. The number of aryl methyl sites for hydroxylation is 1. The summed E-state index contributed by atoms with van der Waals surface area (Å²) in [5, 5.41) is 9.54. The number of rotatable bonds is 17. The largest absolute Gasteiger partial charge is 0.471 e. The van der Waals surface area contributed by atoms with E-state index in [0.29, 0.717) is 25.4 Å². The van der Waals surface area contributed by atoms with Gasteiger partial charge in [0, 0.05) is 42.4 Å². The number of carbonyl (C=O) groups excluding carboxylic acids is 3. The Bertz CT molecular complexity index is 1210. The van der Waals surface area contributed by atoms with Crippen molar-refractivity contribution >= 4 is 24.0 Å². The van der Waals surface area contributed by atoms with E-state index in [0.717, 1.165) is 36.9 Å². The van der Waals surface area contributed by atoms with Crippen LogP contribution in [0.3, 0.4) is 0 Å². The monoisotopic (exact) mass is 679 g/mol. The maximum absolute atomic E-state index is 13.1. The lowest BCUT2D eigenvalue weighted by molar-refractivity contribution is -0.130. The summed E-state index contributed by atoms with van der Waals surface area (Å²) in [6.07, 6.45) is 10.3. The predicted octanol–water partition coefficient (Wildman–Crippen LogP) is 8.37. The molecule has 0 spiro atoms. The van der Waals surface area contributed by atoms with E-state index in [1.54, 1.807) is 0 Å². The lowest BCUT2D eigenvalue weighted by Gasteiger charge is -2.23. The zero-order chi connectivity index (χ0) is 37.5. The number of benzene rings is 2. The quantitative estimate of drug-likeness (QED) is 0.115. The molecule has 2 unspecified atom stereocenters. The van der Waals surface area contributed by atoms with E-state index in [2.05, 4.69) is 73.5 Å². The standard InChI is InChI=1S/C30H48N4O2.C7H8.C2H4O2.C2H6/c1-8-14-23(6)27(31-18-10-3)19-24(7)33-26(15-9-2)21-32-30(36)28(34-29(35)22(4)5)20-25-16-12-11-13-17-25;1-7-5-3-2-4-6-7;1-4-2-3;1-2/h10-13,15-18,22-24,28,33H,8-9,14,19-21H2,1-7H3,(H,32,36)(H,34,35);2-6H,1H3;2H,1H3;1-2H3/b18-10-,26-15+,31-27?;;;/t23?,24?,28-;;;/m0.../s1. The summed E-state index contributed by atoms with van der Waals surface area (Å²) in [6.45, 7) is 21.1. The molecular formula is C41H66N4O4. The maximum Gasteiger partial charge on any atom is 0.292 e. The van der Waals surface area contributed by atoms with E-state index in [9.17, 15) is 9.59 Å². The van der Waals surface area contributed by atoms with Gasteiger partial charge in [0.25, 0.3) is 6.47 Å². The molecule has 3 N–H and O–H groups in total. The molecule has 0 aliphatic rings. The molecule has 274 valence electrons. The molecule has 2 rings (SSSR count). The third-order valence-corrected chi connectivity index (χ3v) is 7.01. The van der Waals surface area contributed by atoms with Crippen LogP contribution in [-0.4, -0.2) is 49.7 Å². The number of hydrogen-bond acceptors (Lipinski definition) is 6. The lowest BCUT2D eigenvalue weighted by atomic mass is 9.95. The Hall–Kier alpha value is -4.20. The summed E-state index contributed by atoms with van der Waals surface area (Å²) in [6, 6.07) is 19.6. The van der Waals surface area contributed by atoms with Crippen LogP contribution in [0, 0.1) is 18.8 Å². The Morgan fingerprint density at radius 3 is 1.92 bits per heavy atom. The fourth-order valence-electron chi connectivity index (χ4n) is 4.50. The molecule has 0 bridgehead atoms. The van der Waals surface area contributed by atoms with Gasteiger partial charge >= 0.3 is 0 Å². The van der Waals surface area contributed by atoms with Crippen molar-refractivity contribution in [3.05, 3.63) is 95.8 Å². The van der Waals surface area contributed by atoms with Gasteiger partial charge in [-0.1, -0.05) is 133 Å². The SMILES string of the molecule is C/C=C\N=C(CC(C)N/C(=C/CC)CNC(=O)[C@H](Cc1ccccc1)NC(=O)C(C)C)C(C)CCC.CC.COC=O.Cc1ccccc1. The zero-order valence-electron chi connectivity index (χ0n) is 32.2. The van der Waals surface area contributed by atoms with Crippen molar-refractivity contribution in [3.8, 4) is 0 Å². The fourth-order valence-corrected chi connectivity index (χ4v) is 4.50. The van der Waals surface area contributed by atoms with Crippen LogP contribution in [0.2, 0.25) is 0 Å². The summed E-state index contributed by atoms with van der Waals surface area (Å²) in [5.74, 6) is -0.0766. The van der Waals surface area contributed by atoms with Gasteiger partial charge in [0.15, 0.2) is 0 Å². The number of aliphatic imine (C=N–C) groups is 1. The number of nitrogens with zero attached hydrogens (tertiary/aromatic N) is 1. The van der Waals surface area contributed by atoms with Crippen molar-refractivity contribution in [3.63, 3.8) is 0 Å². The summed E-state index contributed by atoms with van der Waals surface area (Å²) in [4.78, 5) is 39.2. The molecule has 49 heavy (non-hydrogen) atoms. The number of hydrogen-bond donors (Lipinski definition) is 3. The van der Waals surface area contributed by atoms with E-state index < -0.39 is 6.04 Å². The van der Waals surface area contributed by atoms with Crippen molar-refractivity contribution in [1.82, 2.24) is 16.0 Å². The normalized spacial score (nSPS) is 12.8. The van der Waals surface area contributed by atoms with Crippen LogP contribution in [0.5, 0.6) is 0 Å². The van der Waals surface area contributed by atoms with Gasteiger partial charge in [0.05, 0.1) is 13.7 Å². The highest BCUT2D eigenvalue weighted by Gasteiger charge is 2.23. The first-order valence-corrected chi connectivity index (χ1v) is 17.8. The summed E-state index contributed by atoms with van der Waals surface area (Å²) in [7, 11) is 1.31. The van der Waals surface area contributed by atoms with Crippen molar-refractivity contribution in [2.75, 3.05) is 13.7 Å². The number of allylic oxidation sites excluding steroid dienone is 2. The van der Waals surface area contributed by atoms with Crippen LogP contribution in [0.15, 0.2) is 89.7 Å². The number of amides is 2. The molecule has 0 heterocycles. The highest BCUT2D eigenvalue weighted by atomic mass is 16.5. The predicted molar refractivity (Wildman–Crippen MR) is 207 cm³/mol. The van der Waals surface area contributed by atoms with Crippen LogP contribution < -0.4 is 16.0 Å². The second-order valence-electron chi connectivity index (χ2n) is 11.8. The van der Waals surface area contributed by atoms with Crippen LogP contribution in [0.4, 0.5) is 0 Å². The average Bonchev–Trinajstić information content (AvgIpc) is 3.10. The molecule has 8 heteroatoms. The highest BCUT2D eigenvalue weighted by molar-refractivity contribution is 5.89. The molecule has 2 aromatic carbocycles. The molecule has 0 aliphatic carbocycles. The minimum Gasteiger partial charge on any atom is -0.471 e. The second-order valence-corrected chi connectivity index (χ2v) is 11.8. The Balaban J connectivity index is 0. The fraction of sp³-hybridized carbons (Fsp3) is 0.512. The molecule has 0 aromatic heterocycles. The molecule has 2 aromatic rings. The summed E-state index contributed by atoms with van der Waals surface area (Å²) in [5.41, 5.74) is 4.49. The summed E-state index contributed by atoms with van der Waals surface area (Å²) >= 11 is 0. The third-order valence-electron chi connectivity index (χ3n) is 7.01. The first-order valence-electron chi connectivity index (χ1n) is 17.8. The maximum atomic E-state index is 13.1. The van der Waals surface area contributed by atoms with Crippen LogP contribution in [-0.2, 0) is 25.5 Å². The van der Waals surface area contributed by atoms with Crippen LogP contribution >= 0.6 is 0 Å². The van der Waals surface area contributed by atoms with E-state index >= 15 is 0 Å². The molecule has 2 amide bonds. The Morgan fingerprint density at radius 1 is 0.898 bits per heavy atom. The molecule has 3 atom stereocenters. The van der Waals surface area contributed by atoms with Crippen molar-refractivity contribution < 1.29 is 19.1 Å². The van der Waals surface area contributed by atoms with E-state index in [-0.39, 0.29) is 23.8 Å². The number of ether oxygens (including phenoxy) is 1. The first kappa shape index (κ1) is 46.9. The lowest BCUT2D eigenvalue weighted by Crippen LogP contribution is -2.50. The first-order chi connectivity index (χ1) is 23.5. The Morgan fingerprint density at radius 2 is 1.47 bits per heavy atom.